The van der Waals surface area contributed by atoms with E-state index in [4.69, 9.17) is 9.47 Å². The molecule has 150 valence electrons. The summed E-state index contributed by atoms with van der Waals surface area (Å²) in [6, 6.07) is 14.3. The van der Waals surface area contributed by atoms with Gasteiger partial charge in [0.15, 0.2) is 6.61 Å². The molecule has 0 heterocycles. The van der Waals surface area contributed by atoms with Crippen LogP contribution in [0.1, 0.15) is 30.5 Å². The van der Waals surface area contributed by atoms with E-state index in [1.165, 1.54) is 6.08 Å². The molecule has 6 nitrogen and oxygen atoms in total. The molecule has 0 bridgehead atoms. The zero-order valence-corrected chi connectivity index (χ0v) is 17.0. The van der Waals surface area contributed by atoms with E-state index in [9.17, 15) is 14.9 Å². The third-order valence-corrected chi connectivity index (χ3v) is 3.91. The maximum atomic E-state index is 12.4. The van der Waals surface area contributed by atoms with Crippen LogP contribution in [0, 0.1) is 25.2 Å². The quantitative estimate of drug-likeness (QED) is 0.434. The van der Waals surface area contributed by atoms with Crippen molar-refractivity contribution < 1.29 is 19.1 Å². The molecule has 0 radical (unpaired) electrons. The number of aryl methyl sites for hydroxylation is 2. The van der Waals surface area contributed by atoms with Gasteiger partial charge in [-0.05, 0) is 63.1 Å². The van der Waals surface area contributed by atoms with E-state index in [-0.39, 0.29) is 18.3 Å². The number of anilines is 1. The van der Waals surface area contributed by atoms with Gasteiger partial charge in [-0.15, -0.1) is 0 Å². The van der Waals surface area contributed by atoms with Crippen LogP contribution in [0.25, 0.3) is 6.08 Å². The van der Waals surface area contributed by atoms with Crippen molar-refractivity contribution in [2.24, 2.45) is 0 Å². The highest BCUT2D eigenvalue weighted by Gasteiger charge is 2.11. The van der Waals surface area contributed by atoms with E-state index in [0.29, 0.717) is 17.0 Å². The van der Waals surface area contributed by atoms with Crippen molar-refractivity contribution in [1.82, 2.24) is 0 Å². The number of carbonyl (C=O) groups excluding carboxylic acids is 2. The first-order valence-electron chi connectivity index (χ1n) is 9.21. The molecule has 0 aromatic heterocycles. The number of carbonyl (C=O) groups is 2. The second-order valence-electron chi connectivity index (χ2n) is 6.84. The Hall–Kier alpha value is -3.59. The topological polar surface area (TPSA) is 88.4 Å². The average molecular weight is 392 g/mol. The lowest BCUT2D eigenvalue weighted by Crippen LogP contribution is -2.18. The Balaban J connectivity index is 2.03. The summed E-state index contributed by atoms with van der Waals surface area (Å²) in [5.41, 5.74) is 3.33. The van der Waals surface area contributed by atoms with Gasteiger partial charge in [-0.2, -0.15) is 5.26 Å². The van der Waals surface area contributed by atoms with Crippen LogP contribution < -0.4 is 10.1 Å². The predicted octanol–water partition coefficient (Wildman–Crippen LogP) is 4.18. The summed E-state index contributed by atoms with van der Waals surface area (Å²) in [6.07, 6.45) is 1.30. The Kier molecular flexibility index (Phi) is 7.55. The predicted molar refractivity (Wildman–Crippen MR) is 111 cm³/mol. The van der Waals surface area contributed by atoms with Gasteiger partial charge in [0.25, 0.3) is 5.91 Å². The molecule has 29 heavy (non-hydrogen) atoms. The van der Waals surface area contributed by atoms with Crippen LogP contribution in [-0.4, -0.2) is 24.6 Å². The van der Waals surface area contributed by atoms with Crippen molar-refractivity contribution in [3.63, 3.8) is 0 Å². The molecule has 2 rings (SSSR count). The maximum Gasteiger partial charge on any atom is 0.344 e. The highest BCUT2D eigenvalue weighted by Crippen LogP contribution is 2.18. The Labute approximate surface area is 170 Å². The number of hydrogen-bond donors (Lipinski definition) is 1. The zero-order valence-electron chi connectivity index (χ0n) is 17.0. The van der Waals surface area contributed by atoms with Gasteiger partial charge in [-0.3, -0.25) is 4.79 Å². The van der Waals surface area contributed by atoms with Crippen LogP contribution >= 0.6 is 0 Å². The molecule has 6 heteroatoms. The lowest BCUT2D eigenvalue weighted by molar-refractivity contribution is -0.149. The number of nitrogens with zero attached hydrogens (tertiary/aromatic N) is 1. The van der Waals surface area contributed by atoms with E-state index in [2.05, 4.69) is 5.32 Å². The number of nitriles is 1. The van der Waals surface area contributed by atoms with Gasteiger partial charge in [0.1, 0.15) is 17.4 Å². The van der Waals surface area contributed by atoms with Crippen LogP contribution in [0.15, 0.2) is 48.0 Å². The van der Waals surface area contributed by atoms with Crippen molar-refractivity contribution in [3.05, 3.63) is 64.7 Å². The highest BCUT2D eigenvalue weighted by molar-refractivity contribution is 6.09. The fraction of sp³-hybridized carbons (Fsp3) is 0.261. The van der Waals surface area contributed by atoms with Gasteiger partial charge in [0.2, 0.25) is 0 Å². The van der Waals surface area contributed by atoms with E-state index in [0.717, 1.165) is 11.1 Å². The molecular formula is C23H24N2O4. The first kappa shape index (κ1) is 21.7. The van der Waals surface area contributed by atoms with Crippen LogP contribution in [0.3, 0.4) is 0 Å². The molecule has 0 unspecified atom stereocenters. The summed E-state index contributed by atoms with van der Waals surface area (Å²) >= 11 is 0. The second kappa shape index (κ2) is 10.1. The Bertz CT molecular complexity index is 954. The molecule has 0 saturated heterocycles. The van der Waals surface area contributed by atoms with Crippen molar-refractivity contribution in [1.29, 1.82) is 5.26 Å². The summed E-state index contributed by atoms with van der Waals surface area (Å²) in [7, 11) is 0. The van der Waals surface area contributed by atoms with Crippen molar-refractivity contribution in [2.45, 2.75) is 33.8 Å². The minimum Gasteiger partial charge on any atom is -0.482 e. The Morgan fingerprint density at radius 1 is 1.14 bits per heavy atom. The molecule has 0 saturated carbocycles. The molecule has 0 fully saturated rings. The number of hydrogen-bond acceptors (Lipinski definition) is 5. The van der Waals surface area contributed by atoms with Gasteiger partial charge < -0.3 is 14.8 Å². The van der Waals surface area contributed by atoms with Gasteiger partial charge in [0.05, 0.1) is 6.10 Å². The number of ether oxygens (including phenoxy) is 2. The molecule has 0 spiro atoms. The molecule has 0 aliphatic heterocycles. The molecular weight excluding hydrogens is 368 g/mol. The van der Waals surface area contributed by atoms with Crippen molar-refractivity contribution >= 4 is 23.6 Å². The van der Waals surface area contributed by atoms with Gasteiger partial charge in [0, 0.05) is 5.69 Å². The molecule has 1 N–H and O–H groups in total. The maximum absolute atomic E-state index is 12.4. The monoisotopic (exact) mass is 392 g/mol. The van der Waals surface area contributed by atoms with Gasteiger partial charge in [-0.25, -0.2) is 4.79 Å². The summed E-state index contributed by atoms with van der Waals surface area (Å²) in [4.78, 5) is 23.9. The molecule has 1 amide bonds. The lowest BCUT2D eigenvalue weighted by Gasteiger charge is -2.09. The summed E-state index contributed by atoms with van der Waals surface area (Å²) in [5, 5.41) is 12.1. The van der Waals surface area contributed by atoms with Crippen LogP contribution in [0.5, 0.6) is 5.75 Å². The van der Waals surface area contributed by atoms with Gasteiger partial charge in [-0.1, -0.05) is 29.8 Å². The largest absolute Gasteiger partial charge is 0.482 e. The van der Waals surface area contributed by atoms with Crippen LogP contribution in [0.4, 0.5) is 5.69 Å². The van der Waals surface area contributed by atoms with Crippen molar-refractivity contribution in [3.8, 4) is 11.8 Å². The van der Waals surface area contributed by atoms with E-state index >= 15 is 0 Å². The number of nitrogens with one attached hydrogen (secondary N) is 1. The standard InChI is InChI=1S/C23H24N2O4/c1-15(2)29-22(26)14-28-20-8-6-18(7-9-20)12-19(13-24)23(27)25-21-10-5-16(3)11-17(21)4/h5-12,15H,14H2,1-4H3,(H,25,27)/b19-12-. The Morgan fingerprint density at radius 2 is 1.83 bits per heavy atom. The third-order valence-electron chi connectivity index (χ3n) is 3.91. The zero-order chi connectivity index (χ0) is 21.4. The third kappa shape index (κ3) is 6.82. The molecule has 2 aromatic rings. The van der Waals surface area contributed by atoms with Crippen LogP contribution in [0.2, 0.25) is 0 Å². The van der Waals surface area contributed by atoms with E-state index in [1.54, 1.807) is 38.1 Å². The number of benzene rings is 2. The second-order valence-corrected chi connectivity index (χ2v) is 6.84. The van der Waals surface area contributed by atoms with E-state index in [1.807, 2.05) is 38.1 Å². The number of esters is 1. The minimum atomic E-state index is -0.476. The van der Waals surface area contributed by atoms with Gasteiger partial charge >= 0.3 is 5.97 Å². The minimum absolute atomic E-state index is 0.0147. The fourth-order valence-corrected chi connectivity index (χ4v) is 2.56. The SMILES string of the molecule is Cc1ccc(NC(=O)/C(C#N)=C\c2ccc(OCC(=O)OC(C)C)cc2)c(C)c1. The summed E-state index contributed by atoms with van der Waals surface area (Å²) in [5.74, 6) is -0.434. The smallest absolute Gasteiger partial charge is 0.344 e. The molecule has 0 aliphatic rings. The normalized spacial score (nSPS) is 11.0. The molecule has 2 aromatic carbocycles. The summed E-state index contributed by atoms with van der Waals surface area (Å²) in [6.45, 7) is 7.22. The first-order valence-corrected chi connectivity index (χ1v) is 9.21. The fourth-order valence-electron chi connectivity index (χ4n) is 2.56. The molecule has 0 atom stereocenters. The summed E-state index contributed by atoms with van der Waals surface area (Å²) < 4.78 is 10.4. The molecule has 0 aliphatic carbocycles. The number of rotatable bonds is 7. The lowest BCUT2D eigenvalue weighted by atomic mass is 10.1. The first-order chi connectivity index (χ1) is 13.8. The Morgan fingerprint density at radius 3 is 2.41 bits per heavy atom. The van der Waals surface area contributed by atoms with E-state index < -0.39 is 11.9 Å². The number of amides is 1. The average Bonchev–Trinajstić information content (AvgIpc) is 2.67. The van der Waals surface area contributed by atoms with Crippen LogP contribution in [-0.2, 0) is 14.3 Å². The van der Waals surface area contributed by atoms with Crippen molar-refractivity contribution in [2.75, 3.05) is 11.9 Å². The highest BCUT2D eigenvalue weighted by atomic mass is 16.6.